The Morgan fingerprint density at radius 3 is 2.94 bits per heavy atom. The molecule has 2 heterocycles. The number of imide groups is 1. The highest BCUT2D eigenvalue weighted by Crippen LogP contribution is 2.24. The summed E-state index contributed by atoms with van der Waals surface area (Å²) in [4.78, 5) is 36.2. The van der Waals surface area contributed by atoms with E-state index in [-0.39, 0.29) is 24.9 Å². The number of nitrogens with zero attached hydrogens (tertiary/aromatic N) is 1. The van der Waals surface area contributed by atoms with Crippen LogP contribution in [0.3, 0.4) is 0 Å². The quantitative estimate of drug-likeness (QED) is 0.325. The topological polar surface area (TPSA) is 90.5 Å². The van der Waals surface area contributed by atoms with Crippen LogP contribution in [0.4, 0.5) is 4.79 Å². The molecular weight excluding hydrogens is 236 g/mol. The molecule has 1 atom stereocenters. The number of likely N-dealkylation sites (tertiary alicyclic amines) is 1. The predicted molar refractivity (Wildman–Crippen MR) is 63.7 cm³/mol. The van der Waals surface area contributed by atoms with Crippen molar-refractivity contribution in [3.05, 3.63) is 12.7 Å². The standard InChI is InChI=1S/C11H16N4O3/c1-2-4-12-6-8(16)15-5-3-11(7-15)9(17)13-10(18)14-11/h2,12H,1,3-7H2,(H2,13,14,17,18). The lowest BCUT2D eigenvalue weighted by Crippen LogP contribution is -2.50. The first kappa shape index (κ1) is 12.6. The van der Waals surface area contributed by atoms with E-state index in [2.05, 4.69) is 22.5 Å². The van der Waals surface area contributed by atoms with E-state index < -0.39 is 11.6 Å². The second-order valence-electron chi connectivity index (χ2n) is 4.48. The van der Waals surface area contributed by atoms with Crippen molar-refractivity contribution in [2.75, 3.05) is 26.2 Å². The molecular formula is C11H16N4O3. The first-order valence-electron chi connectivity index (χ1n) is 5.80. The molecule has 7 nitrogen and oxygen atoms in total. The van der Waals surface area contributed by atoms with Crippen molar-refractivity contribution < 1.29 is 14.4 Å². The summed E-state index contributed by atoms with van der Waals surface area (Å²) in [6, 6.07) is -0.487. The second kappa shape index (κ2) is 4.77. The van der Waals surface area contributed by atoms with Crippen molar-refractivity contribution in [1.29, 1.82) is 0 Å². The molecule has 2 aliphatic heterocycles. The molecule has 2 aliphatic rings. The van der Waals surface area contributed by atoms with Crippen molar-refractivity contribution in [3.8, 4) is 0 Å². The van der Waals surface area contributed by atoms with Gasteiger partial charge in [-0.3, -0.25) is 14.9 Å². The van der Waals surface area contributed by atoms with Crippen LogP contribution < -0.4 is 16.0 Å². The van der Waals surface area contributed by atoms with E-state index in [0.29, 0.717) is 19.5 Å². The molecule has 3 N–H and O–H groups in total. The van der Waals surface area contributed by atoms with Gasteiger partial charge in [0.2, 0.25) is 5.91 Å². The number of rotatable bonds is 4. The van der Waals surface area contributed by atoms with E-state index in [0.717, 1.165) is 0 Å². The molecule has 0 saturated carbocycles. The first-order chi connectivity index (χ1) is 8.57. The van der Waals surface area contributed by atoms with E-state index in [4.69, 9.17) is 0 Å². The van der Waals surface area contributed by atoms with Gasteiger partial charge in [-0.1, -0.05) is 6.08 Å². The van der Waals surface area contributed by atoms with E-state index >= 15 is 0 Å². The zero-order chi connectivity index (χ0) is 13.2. The molecule has 0 aromatic rings. The van der Waals surface area contributed by atoms with Crippen molar-refractivity contribution >= 4 is 17.8 Å². The summed E-state index contributed by atoms with van der Waals surface area (Å²) in [6.07, 6.45) is 2.13. The predicted octanol–water partition coefficient (Wildman–Crippen LogP) is -1.43. The minimum atomic E-state index is -0.925. The Labute approximate surface area is 105 Å². The molecule has 1 spiro atoms. The monoisotopic (exact) mass is 252 g/mol. The molecule has 0 bridgehead atoms. The van der Waals surface area contributed by atoms with Gasteiger partial charge in [-0.2, -0.15) is 0 Å². The molecule has 0 aliphatic carbocycles. The average molecular weight is 252 g/mol. The van der Waals surface area contributed by atoms with Crippen LogP contribution in [0.5, 0.6) is 0 Å². The van der Waals surface area contributed by atoms with Gasteiger partial charge in [-0.25, -0.2) is 4.79 Å². The largest absolute Gasteiger partial charge is 0.339 e. The molecule has 4 amide bonds. The fraction of sp³-hybridized carbons (Fsp3) is 0.545. The van der Waals surface area contributed by atoms with Gasteiger partial charge in [0.15, 0.2) is 0 Å². The molecule has 0 aromatic heterocycles. The van der Waals surface area contributed by atoms with Crippen LogP contribution in [-0.4, -0.2) is 54.5 Å². The van der Waals surface area contributed by atoms with Crippen molar-refractivity contribution in [1.82, 2.24) is 20.9 Å². The molecule has 18 heavy (non-hydrogen) atoms. The van der Waals surface area contributed by atoms with Crippen molar-refractivity contribution in [2.45, 2.75) is 12.0 Å². The molecule has 0 radical (unpaired) electrons. The highest BCUT2D eigenvalue weighted by atomic mass is 16.2. The fourth-order valence-corrected chi connectivity index (χ4v) is 2.23. The SMILES string of the molecule is C=CCNCC(=O)N1CCC2(C1)NC(=O)NC2=O. The Morgan fingerprint density at radius 2 is 2.33 bits per heavy atom. The number of urea groups is 1. The summed E-state index contributed by atoms with van der Waals surface area (Å²) in [5, 5.41) is 7.72. The van der Waals surface area contributed by atoms with Gasteiger partial charge >= 0.3 is 6.03 Å². The fourth-order valence-electron chi connectivity index (χ4n) is 2.23. The zero-order valence-electron chi connectivity index (χ0n) is 9.99. The summed E-state index contributed by atoms with van der Waals surface area (Å²) in [7, 11) is 0. The Bertz CT molecular complexity index is 409. The zero-order valence-corrected chi connectivity index (χ0v) is 9.99. The summed E-state index contributed by atoms with van der Waals surface area (Å²) in [6.45, 7) is 5.02. The van der Waals surface area contributed by atoms with Crippen LogP contribution in [0.25, 0.3) is 0 Å². The molecule has 1 unspecified atom stereocenters. The van der Waals surface area contributed by atoms with E-state index in [1.54, 1.807) is 11.0 Å². The lowest BCUT2D eigenvalue weighted by atomic mass is 10.00. The lowest BCUT2D eigenvalue weighted by molar-refractivity contribution is -0.129. The summed E-state index contributed by atoms with van der Waals surface area (Å²) in [5.41, 5.74) is -0.925. The third-order valence-electron chi connectivity index (χ3n) is 3.20. The molecule has 2 fully saturated rings. The molecule has 2 saturated heterocycles. The number of carbonyl (C=O) groups is 3. The van der Waals surface area contributed by atoms with Gasteiger partial charge < -0.3 is 15.5 Å². The molecule has 0 aromatic carbocycles. The minimum Gasteiger partial charge on any atom is -0.339 e. The summed E-state index contributed by atoms with van der Waals surface area (Å²) in [5.74, 6) is -0.426. The van der Waals surface area contributed by atoms with Gasteiger partial charge in [0.25, 0.3) is 5.91 Å². The average Bonchev–Trinajstić information content (AvgIpc) is 2.85. The lowest BCUT2D eigenvalue weighted by Gasteiger charge is -2.21. The third kappa shape index (κ3) is 2.21. The third-order valence-corrected chi connectivity index (χ3v) is 3.20. The second-order valence-corrected chi connectivity index (χ2v) is 4.48. The van der Waals surface area contributed by atoms with Crippen LogP contribution in [0.2, 0.25) is 0 Å². The van der Waals surface area contributed by atoms with Gasteiger partial charge in [-0.05, 0) is 6.42 Å². The smallest absolute Gasteiger partial charge is 0.322 e. The molecule has 2 rings (SSSR count). The van der Waals surface area contributed by atoms with Crippen LogP contribution >= 0.6 is 0 Å². The number of hydrogen-bond acceptors (Lipinski definition) is 4. The Kier molecular flexibility index (Phi) is 3.33. The Morgan fingerprint density at radius 1 is 1.56 bits per heavy atom. The maximum absolute atomic E-state index is 11.8. The van der Waals surface area contributed by atoms with E-state index in [9.17, 15) is 14.4 Å². The number of hydrogen-bond donors (Lipinski definition) is 3. The van der Waals surface area contributed by atoms with Gasteiger partial charge in [0.1, 0.15) is 5.54 Å². The first-order valence-corrected chi connectivity index (χ1v) is 5.80. The Balaban J connectivity index is 1.92. The normalized spacial score (nSPS) is 26.3. The van der Waals surface area contributed by atoms with Gasteiger partial charge in [0, 0.05) is 13.1 Å². The number of nitrogens with one attached hydrogen (secondary N) is 3. The summed E-state index contributed by atoms with van der Waals surface area (Å²) >= 11 is 0. The van der Waals surface area contributed by atoms with Crippen LogP contribution in [0, 0.1) is 0 Å². The maximum atomic E-state index is 11.8. The van der Waals surface area contributed by atoms with Crippen molar-refractivity contribution in [2.24, 2.45) is 0 Å². The van der Waals surface area contributed by atoms with Gasteiger partial charge in [-0.15, -0.1) is 6.58 Å². The van der Waals surface area contributed by atoms with Gasteiger partial charge in [0.05, 0.1) is 13.1 Å². The highest BCUT2D eigenvalue weighted by Gasteiger charge is 2.51. The van der Waals surface area contributed by atoms with Crippen LogP contribution in [0.15, 0.2) is 12.7 Å². The Hall–Kier alpha value is -1.89. The highest BCUT2D eigenvalue weighted by molar-refractivity contribution is 6.07. The molecule has 7 heteroatoms. The number of amides is 4. The maximum Gasteiger partial charge on any atom is 0.322 e. The van der Waals surface area contributed by atoms with Crippen molar-refractivity contribution in [3.63, 3.8) is 0 Å². The van der Waals surface area contributed by atoms with E-state index in [1.807, 2.05) is 0 Å². The summed E-state index contributed by atoms with van der Waals surface area (Å²) < 4.78 is 0. The molecule has 98 valence electrons. The minimum absolute atomic E-state index is 0.0809. The van der Waals surface area contributed by atoms with Crippen LogP contribution in [0.1, 0.15) is 6.42 Å². The van der Waals surface area contributed by atoms with Crippen LogP contribution in [-0.2, 0) is 9.59 Å². The van der Waals surface area contributed by atoms with E-state index in [1.165, 1.54) is 0 Å². The number of carbonyl (C=O) groups excluding carboxylic acids is 3.